The monoisotopic (exact) mass is 624 g/mol. The molecule has 4 atom stereocenters. The van der Waals surface area contributed by atoms with E-state index in [9.17, 15) is 9.50 Å². The number of aromatic nitrogens is 3. The van der Waals surface area contributed by atoms with Crippen molar-refractivity contribution in [2.24, 2.45) is 11.8 Å². The number of halogens is 2. The maximum absolute atomic E-state index is 16.9. The van der Waals surface area contributed by atoms with Crippen molar-refractivity contribution in [3.8, 4) is 41.2 Å². The second-order valence-electron chi connectivity index (χ2n) is 13.0. The highest BCUT2D eigenvalue weighted by Crippen LogP contribution is 2.45. The van der Waals surface area contributed by atoms with Crippen LogP contribution < -0.4 is 19.7 Å². The Bertz CT molecular complexity index is 1940. The molecular weight excluding hydrogens is 590 g/mol. The van der Waals surface area contributed by atoms with E-state index in [-0.39, 0.29) is 64.1 Å². The molecule has 0 radical (unpaired) electrons. The molecule has 2 aromatic carbocycles. The molecule has 1 aliphatic carbocycles. The number of hydrogen-bond acceptors (Lipinski definition) is 9. The van der Waals surface area contributed by atoms with E-state index in [1.165, 1.54) is 37.8 Å². The second kappa shape index (κ2) is 11.1. The Labute approximate surface area is 265 Å². The van der Waals surface area contributed by atoms with Crippen molar-refractivity contribution in [2.75, 3.05) is 51.3 Å². The van der Waals surface area contributed by atoms with Gasteiger partial charge in [0.25, 0.3) is 0 Å². The quantitative estimate of drug-likeness (QED) is 0.215. The molecule has 0 amide bonds. The van der Waals surface area contributed by atoms with Crippen LogP contribution in [0.15, 0.2) is 36.4 Å². The van der Waals surface area contributed by atoms with Crippen LogP contribution in [0.4, 0.5) is 14.6 Å². The fourth-order valence-corrected chi connectivity index (χ4v) is 7.60. The molecule has 4 aromatic rings. The number of ether oxygens (including phenoxy) is 2. The standard InChI is InChI=1S/C35H34F2N6O3/c1-4-25-27(36)8-5-19-10-24(44)11-26(28(19)25)31-30(37)32-29(34(39-31)45-3)33(43-15-22-6-7-23(16-43)38-22)41-35(40-32)46-17-18(2)12-42-13-20-9-21(20)14-42/h1,5,8,10-11,20-23,38,44H,2,6-7,9,12-17H2,3H3. The minimum absolute atomic E-state index is 0.00743. The first-order chi connectivity index (χ1) is 22.3. The molecule has 9 nitrogen and oxygen atoms in total. The predicted octanol–water partition coefficient (Wildman–Crippen LogP) is 4.65. The van der Waals surface area contributed by atoms with E-state index < -0.39 is 11.6 Å². The fourth-order valence-electron chi connectivity index (χ4n) is 7.60. The average Bonchev–Trinajstić information content (AvgIpc) is 3.51. The van der Waals surface area contributed by atoms with Crippen LogP contribution in [0.25, 0.3) is 32.9 Å². The number of benzene rings is 2. The molecule has 2 aromatic heterocycles. The summed E-state index contributed by atoms with van der Waals surface area (Å²) < 4.78 is 43.7. The highest BCUT2D eigenvalue weighted by Gasteiger charge is 2.44. The number of rotatable bonds is 8. The van der Waals surface area contributed by atoms with Gasteiger partial charge in [-0.1, -0.05) is 18.6 Å². The molecule has 4 aliphatic rings. The number of fused-ring (bicyclic) bond motifs is 5. The number of phenolic OH excluding ortho intramolecular Hbond substituents is 1. The van der Waals surface area contributed by atoms with Gasteiger partial charge in [0.05, 0.1) is 12.7 Å². The van der Waals surface area contributed by atoms with Crippen LogP contribution in [-0.2, 0) is 0 Å². The Morgan fingerprint density at radius 2 is 1.85 bits per heavy atom. The minimum atomic E-state index is -0.795. The number of nitrogens with zero attached hydrogens (tertiary/aromatic N) is 5. The van der Waals surface area contributed by atoms with Gasteiger partial charge in [-0.3, -0.25) is 4.90 Å². The topological polar surface area (TPSA) is 95.9 Å². The number of terminal acetylenes is 1. The van der Waals surface area contributed by atoms with Gasteiger partial charge in [0.15, 0.2) is 5.82 Å². The number of nitrogens with one attached hydrogen (secondary N) is 1. The van der Waals surface area contributed by atoms with Crippen molar-refractivity contribution in [1.82, 2.24) is 25.2 Å². The van der Waals surface area contributed by atoms with Crippen LogP contribution in [0.3, 0.4) is 0 Å². The van der Waals surface area contributed by atoms with Gasteiger partial charge in [-0.2, -0.15) is 9.97 Å². The second-order valence-corrected chi connectivity index (χ2v) is 13.0. The van der Waals surface area contributed by atoms with E-state index in [1.807, 2.05) is 0 Å². The van der Waals surface area contributed by atoms with Crippen molar-refractivity contribution in [3.63, 3.8) is 0 Å². The van der Waals surface area contributed by atoms with Crippen molar-refractivity contribution < 1.29 is 23.4 Å². The van der Waals surface area contributed by atoms with E-state index in [4.69, 9.17) is 20.9 Å². The lowest BCUT2D eigenvalue weighted by molar-refractivity contribution is 0.285. The number of likely N-dealkylation sites (tertiary alicyclic amines) is 1. The lowest BCUT2D eigenvalue weighted by Crippen LogP contribution is -2.51. The molecule has 8 rings (SSSR count). The Kier molecular flexibility index (Phi) is 6.96. The zero-order valence-electron chi connectivity index (χ0n) is 25.5. The Morgan fingerprint density at radius 3 is 2.57 bits per heavy atom. The van der Waals surface area contributed by atoms with Gasteiger partial charge >= 0.3 is 6.01 Å². The summed E-state index contributed by atoms with van der Waals surface area (Å²) in [5.41, 5.74) is 0.675. The minimum Gasteiger partial charge on any atom is -0.508 e. The third-order valence-corrected chi connectivity index (χ3v) is 9.78. The number of phenols is 1. The number of aromatic hydroxyl groups is 1. The Morgan fingerprint density at radius 1 is 1.09 bits per heavy atom. The average molecular weight is 625 g/mol. The molecule has 2 N–H and O–H groups in total. The molecule has 236 valence electrons. The van der Waals surface area contributed by atoms with E-state index in [2.05, 4.69) is 37.6 Å². The molecule has 3 aliphatic heterocycles. The number of methoxy groups -OCH3 is 1. The summed E-state index contributed by atoms with van der Waals surface area (Å²) in [4.78, 5) is 18.5. The molecule has 3 saturated heterocycles. The van der Waals surface area contributed by atoms with Crippen molar-refractivity contribution >= 4 is 27.5 Å². The van der Waals surface area contributed by atoms with Gasteiger partial charge < -0.3 is 24.8 Å². The van der Waals surface area contributed by atoms with Gasteiger partial charge in [0.1, 0.15) is 40.6 Å². The summed E-state index contributed by atoms with van der Waals surface area (Å²) in [5, 5.41) is 15.2. The van der Waals surface area contributed by atoms with Crippen LogP contribution in [0.5, 0.6) is 17.6 Å². The van der Waals surface area contributed by atoms with Crippen LogP contribution in [0.2, 0.25) is 0 Å². The summed E-state index contributed by atoms with van der Waals surface area (Å²) in [7, 11) is 1.44. The maximum Gasteiger partial charge on any atom is 0.319 e. The Balaban J connectivity index is 1.26. The first-order valence-corrected chi connectivity index (χ1v) is 15.7. The van der Waals surface area contributed by atoms with Crippen molar-refractivity contribution in [3.05, 3.63) is 53.6 Å². The van der Waals surface area contributed by atoms with Gasteiger partial charge in [0.2, 0.25) is 5.88 Å². The van der Waals surface area contributed by atoms with Crippen LogP contribution in [0, 0.1) is 35.8 Å². The highest BCUT2D eigenvalue weighted by atomic mass is 19.1. The normalized spacial score (nSPS) is 23.5. The number of piperidine rings is 1. The van der Waals surface area contributed by atoms with E-state index in [0.717, 1.165) is 49.9 Å². The Hall–Kier alpha value is -4.53. The fraction of sp³-hybridized carbons (Fsp3) is 0.400. The zero-order valence-corrected chi connectivity index (χ0v) is 25.5. The van der Waals surface area contributed by atoms with Gasteiger partial charge in [-0.15, -0.1) is 6.42 Å². The number of piperazine rings is 1. The summed E-state index contributed by atoms with van der Waals surface area (Å²) >= 11 is 0. The van der Waals surface area contributed by atoms with Crippen molar-refractivity contribution in [1.29, 1.82) is 0 Å². The lowest BCUT2D eigenvalue weighted by Gasteiger charge is -2.34. The first-order valence-electron chi connectivity index (χ1n) is 15.7. The first kappa shape index (κ1) is 28.9. The molecule has 4 unspecified atom stereocenters. The summed E-state index contributed by atoms with van der Waals surface area (Å²) in [6.07, 6.45) is 9.11. The summed E-state index contributed by atoms with van der Waals surface area (Å²) in [6.45, 7) is 8.63. The molecule has 1 saturated carbocycles. The smallest absolute Gasteiger partial charge is 0.319 e. The molecule has 46 heavy (non-hydrogen) atoms. The largest absolute Gasteiger partial charge is 0.508 e. The summed E-state index contributed by atoms with van der Waals surface area (Å²) in [6, 6.07) is 6.02. The molecule has 0 spiro atoms. The van der Waals surface area contributed by atoms with Crippen LogP contribution in [0.1, 0.15) is 24.8 Å². The highest BCUT2D eigenvalue weighted by molar-refractivity contribution is 6.04. The number of pyridine rings is 1. The maximum atomic E-state index is 16.9. The van der Waals surface area contributed by atoms with E-state index in [1.54, 1.807) is 0 Å². The SMILES string of the molecule is C#Cc1c(F)ccc2cc(O)cc(-c3nc(OC)c4c(N5CC6CCC(C5)N6)nc(OCC(=C)CN5CC6CC6C5)nc4c3F)c12. The lowest BCUT2D eigenvalue weighted by atomic mass is 9.95. The van der Waals surface area contributed by atoms with E-state index in [0.29, 0.717) is 29.7 Å². The molecule has 5 heterocycles. The summed E-state index contributed by atoms with van der Waals surface area (Å²) in [5.74, 6) is 2.96. The van der Waals surface area contributed by atoms with Crippen LogP contribution in [-0.4, -0.2) is 83.5 Å². The molecular formula is C35H34F2N6O3. The molecule has 2 bridgehead atoms. The number of anilines is 1. The van der Waals surface area contributed by atoms with Gasteiger partial charge in [0, 0.05) is 55.8 Å². The third-order valence-electron chi connectivity index (χ3n) is 9.78. The van der Waals surface area contributed by atoms with Gasteiger partial charge in [-0.05, 0) is 60.3 Å². The number of hydrogen-bond donors (Lipinski definition) is 2. The third kappa shape index (κ3) is 4.96. The molecule has 4 fully saturated rings. The van der Waals surface area contributed by atoms with Crippen molar-refractivity contribution in [2.45, 2.75) is 31.3 Å². The predicted molar refractivity (Wildman–Crippen MR) is 171 cm³/mol. The van der Waals surface area contributed by atoms with E-state index >= 15 is 4.39 Å². The zero-order chi connectivity index (χ0) is 31.7. The van der Waals surface area contributed by atoms with Gasteiger partial charge in [-0.25, -0.2) is 13.8 Å². The molecule has 11 heteroatoms. The van der Waals surface area contributed by atoms with Crippen LogP contribution >= 0.6 is 0 Å².